The van der Waals surface area contributed by atoms with Gasteiger partial charge in [-0.3, -0.25) is 9.35 Å². The van der Waals surface area contributed by atoms with E-state index in [4.69, 9.17) is 9.66 Å². The van der Waals surface area contributed by atoms with E-state index < -0.39 is 27.3 Å². The Balaban J connectivity index is 4.94. The van der Waals surface area contributed by atoms with Crippen molar-refractivity contribution in [3.63, 3.8) is 0 Å². The van der Waals surface area contributed by atoms with E-state index in [1.165, 1.54) is 0 Å². The topological polar surface area (TPSA) is 91.7 Å². The maximum atomic E-state index is 10.8. The van der Waals surface area contributed by atoms with Crippen LogP contribution in [-0.4, -0.2) is 35.2 Å². The quantitative estimate of drug-likeness (QED) is 0.459. The minimum Gasteiger partial charge on any atom is -0.391 e. The molecule has 2 atom stereocenters. The van der Waals surface area contributed by atoms with Crippen molar-refractivity contribution in [3.8, 4) is 0 Å². The van der Waals surface area contributed by atoms with Crippen molar-refractivity contribution in [2.24, 2.45) is 0 Å². The first-order valence-electron chi connectivity index (χ1n) is 3.11. The van der Waals surface area contributed by atoms with Crippen LogP contribution in [0.3, 0.4) is 0 Å². The van der Waals surface area contributed by atoms with Gasteiger partial charge >= 0.3 is 0 Å². The first-order valence-corrected chi connectivity index (χ1v) is 4.61. The predicted octanol–water partition coefficient (Wildman–Crippen LogP) is -0.621. The SMILES string of the molecule is C=CC(=O)C(C(C)O)S(=O)(=O)O. The van der Waals surface area contributed by atoms with Crippen LogP contribution < -0.4 is 0 Å². The van der Waals surface area contributed by atoms with E-state index in [-0.39, 0.29) is 0 Å². The average Bonchev–Trinajstić information content (AvgIpc) is 1.83. The van der Waals surface area contributed by atoms with E-state index in [9.17, 15) is 13.2 Å². The van der Waals surface area contributed by atoms with Crippen LogP contribution in [0.5, 0.6) is 0 Å². The van der Waals surface area contributed by atoms with Crippen molar-refractivity contribution in [2.75, 3.05) is 0 Å². The molecule has 0 heterocycles. The number of hydrogen-bond acceptors (Lipinski definition) is 4. The standard InChI is InChI=1S/C6H10O5S/c1-3-5(8)6(4(2)7)12(9,10)11/h3-4,6-7H,1H2,2H3,(H,9,10,11). The predicted molar refractivity (Wildman–Crippen MR) is 42.2 cm³/mol. The Morgan fingerprint density at radius 3 is 2.08 bits per heavy atom. The van der Waals surface area contributed by atoms with Gasteiger partial charge in [-0.1, -0.05) is 6.58 Å². The van der Waals surface area contributed by atoms with Crippen molar-refractivity contribution in [1.82, 2.24) is 0 Å². The van der Waals surface area contributed by atoms with Crippen molar-refractivity contribution >= 4 is 15.9 Å². The average molecular weight is 194 g/mol. The highest BCUT2D eigenvalue weighted by molar-refractivity contribution is 7.87. The number of ketones is 1. The molecule has 0 aromatic heterocycles. The van der Waals surface area contributed by atoms with Gasteiger partial charge < -0.3 is 5.11 Å². The Bertz CT molecular complexity index is 276. The van der Waals surface area contributed by atoms with Crippen LogP contribution in [0.2, 0.25) is 0 Å². The minimum absolute atomic E-state index is 0.741. The van der Waals surface area contributed by atoms with E-state index >= 15 is 0 Å². The molecule has 0 aromatic carbocycles. The van der Waals surface area contributed by atoms with Crippen LogP contribution in [-0.2, 0) is 14.9 Å². The lowest BCUT2D eigenvalue weighted by Crippen LogP contribution is -2.38. The fourth-order valence-corrected chi connectivity index (χ4v) is 1.64. The van der Waals surface area contributed by atoms with E-state index in [0.29, 0.717) is 0 Å². The summed E-state index contributed by atoms with van der Waals surface area (Å²) in [7, 11) is -4.55. The van der Waals surface area contributed by atoms with Crippen LogP contribution in [0.4, 0.5) is 0 Å². The van der Waals surface area contributed by atoms with Gasteiger partial charge in [0, 0.05) is 0 Å². The van der Waals surface area contributed by atoms with E-state index in [1.54, 1.807) is 0 Å². The van der Waals surface area contributed by atoms with Crippen LogP contribution in [0, 0.1) is 0 Å². The molecule has 70 valence electrons. The second kappa shape index (κ2) is 3.79. The summed E-state index contributed by atoms with van der Waals surface area (Å²) in [5, 5.41) is 7.02. The smallest absolute Gasteiger partial charge is 0.277 e. The Labute approximate surface area is 70.5 Å². The van der Waals surface area contributed by atoms with Gasteiger partial charge in [-0.05, 0) is 13.0 Å². The van der Waals surface area contributed by atoms with Gasteiger partial charge in [-0.25, -0.2) is 0 Å². The second-order valence-corrected chi connectivity index (χ2v) is 3.82. The highest BCUT2D eigenvalue weighted by Crippen LogP contribution is 2.06. The van der Waals surface area contributed by atoms with Gasteiger partial charge in [0.25, 0.3) is 10.1 Å². The molecule has 0 amide bonds. The summed E-state index contributed by atoms with van der Waals surface area (Å²) in [4.78, 5) is 10.8. The molecule has 0 fully saturated rings. The summed E-state index contributed by atoms with van der Waals surface area (Å²) in [5.74, 6) is -0.924. The van der Waals surface area contributed by atoms with Crippen molar-refractivity contribution in [2.45, 2.75) is 18.3 Å². The largest absolute Gasteiger partial charge is 0.391 e. The molecule has 0 aliphatic carbocycles. The molecule has 0 bridgehead atoms. The van der Waals surface area contributed by atoms with Gasteiger partial charge in [0.2, 0.25) is 0 Å². The van der Waals surface area contributed by atoms with Crippen LogP contribution in [0.15, 0.2) is 12.7 Å². The molecule has 6 heteroatoms. The first-order chi connectivity index (χ1) is 5.30. The molecule has 0 spiro atoms. The lowest BCUT2D eigenvalue weighted by molar-refractivity contribution is -0.115. The molecule has 5 nitrogen and oxygen atoms in total. The number of aliphatic hydroxyl groups excluding tert-OH is 1. The number of aliphatic hydroxyl groups is 1. The Morgan fingerprint density at radius 1 is 1.58 bits per heavy atom. The molecular formula is C6H10O5S. The third-order valence-corrected chi connectivity index (χ3v) is 2.51. The van der Waals surface area contributed by atoms with Crippen molar-refractivity contribution < 1.29 is 22.9 Å². The Kier molecular flexibility index (Phi) is 3.56. The van der Waals surface area contributed by atoms with Gasteiger partial charge in [-0.15, -0.1) is 0 Å². The zero-order valence-corrected chi connectivity index (χ0v) is 7.28. The molecule has 0 saturated heterocycles. The summed E-state index contributed by atoms with van der Waals surface area (Å²) in [6.07, 6.45) is -0.712. The number of allylic oxidation sites excluding steroid dienone is 1. The molecule has 12 heavy (non-hydrogen) atoms. The van der Waals surface area contributed by atoms with Crippen LogP contribution in [0.1, 0.15) is 6.92 Å². The molecule has 0 rings (SSSR count). The number of hydrogen-bond donors (Lipinski definition) is 2. The van der Waals surface area contributed by atoms with Crippen LogP contribution in [0.25, 0.3) is 0 Å². The van der Waals surface area contributed by atoms with Gasteiger partial charge in [0.05, 0.1) is 6.10 Å². The van der Waals surface area contributed by atoms with E-state index in [2.05, 4.69) is 6.58 Å². The van der Waals surface area contributed by atoms with Gasteiger partial charge in [0.15, 0.2) is 11.0 Å². The van der Waals surface area contributed by atoms with E-state index in [1.807, 2.05) is 0 Å². The Hall–Kier alpha value is -0.720. The molecule has 0 aliphatic heterocycles. The molecule has 2 unspecified atom stereocenters. The van der Waals surface area contributed by atoms with E-state index in [0.717, 1.165) is 13.0 Å². The van der Waals surface area contributed by atoms with Crippen molar-refractivity contribution in [3.05, 3.63) is 12.7 Å². The lowest BCUT2D eigenvalue weighted by atomic mass is 10.2. The molecule has 0 saturated carbocycles. The minimum atomic E-state index is -4.55. The number of rotatable bonds is 4. The highest BCUT2D eigenvalue weighted by Gasteiger charge is 2.33. The molecule has 0 aromatic rings. The molecule has 0 aliphatic rings. The third kappa shape index (κ3) is 2.72. The summed E-state index contributed by atoms with van der Waals surface area (Å²) >= 11 is 0. The maximum absolute atomic E-state index is 10.8. The van der Waals surface area contributed by atoms with Crippen molar-refractivity contribution in [1.29, 1.82) is 0 Å². The Morgan fingerprint density at radius 2 is 2.00 bits per heavy atom. The number of carbonyl (C=O) groups excluding carboxylic acids is 1. The molecule has 0 radical (unpaired) electrons. The highest BCUT2D eigenvalue weighted by atomic mass is 32.2. The zero-order chi connectivity index (χ0) is 9.94. The molecule has 2 N–H and O–H groups in total. The van der Waals surface area contributed by atoms with Gasteiger partial charge in [0.1, 0.15) is 0 Å². The van der Waals surface area contributed by atoms with Crippen LogP contribution >= 0.6 is 0 Å². The summed E-state index contributed by atoms with van der Waals surface area (Å²) in [5.41, 5.74) is 0. The maximum Gasteiger partial charge on any atom is 0.277 e. The zero-order valence-electron chi connectivity index (χ0n) is 6.47. The second-order valence-electron chi connectivity index (χ2n) is 2.28. The summed E-state index contributed by atoms with van der Waals surface area (Å²) in [6, 6.07) is 0. The third-order valence-electron chi connectivity index (χ3n) is 1.24. The lowest BCUT2D eigenvalue weighted by Gasteiger charge is -2.12. The summed E-state index contributed by atoms with van der Waals surface area (Å²) < 4.78 is 29.5. The normalized spacial score (nSPS) is 16.6. The fourth-order valence-electron chi connectivity index (χ4n) is 0.750. The fraction of sp³-hybridized carbons (Fsp3) is 0.500. The summed E-state index contributed by atoms with van der Waals surface area (Å²) in [6.45, 7) is 4.14. The van der Waals surface area contributed by atoms with Gasteiger partial charge in [-0.2, -0.15) is 8.42 Å². The molecular weight excluding hydrogens is 184 g/mol. The number of carbonyl (C=O) groups is 1. The first kappa shape index (κ1) is 11.3. The monoisotopic (exact) mass is 194 g/mol.